The Morgan fingerprint density at radius 3 is 2.80 bits per heavy atom. The van der Waals surface area contributed by atoms with Crippen molar-refractivity contribution in [1.29, 1.82) is 0 Å². The fourth-order valence-electron chi connectivity index (χ4n) is 4.81. The first-order valence-corrected chi connectivity index (χ1v) is 13.2. The number of pyridine rings is 1. The van der Waals surface area contributed by atoms with Crippen LogP contribution < -0.4 is 4.74 Å². The second-order valence-corrected chi connectivity index (χ2v) is 10.6. The number of aromatic nitrogens is 1. The minimum atomic E-state index is -0.751. The lowest BCUT2D eigenvalue weighted by Crippen LogP contribution is -2.44. The molecule has 8 heteroatoms. The number of carbonyl (C=O) groups is 1. The lowest BCUT2D eigenvalue weighted by atomic mass is 9.81. The number of aliphatic hydroxyl groups is 1. The van der Waals surface area contributed by atoms with E-state index in [1.54, 1.807) is 25.1 Å². The van der Waals surface area contributed by atoms with Gasteiger partial charge in [-0.3, -0.25) is 9.78 Å². The summed E-state index contributed by atoms with van der Waals surface area (Å²) in [4.78, 5) is 19.9. The Labute approximate surface area is 215 Å². The number of hydrogen-bond acceptors (Lipinski definition) is 6. The SMILES string of the molecule is COc1ccc2nccc([C@H](O)CC[C@@H]3CCN(CCSc4ccc(Cl)cc4)C[C@@H]3C(=O)O)c2c1. The van der Waals surface area contributed by atoms with E-state index >= 15 is 0 Å². The number of hydrogen-bond donors (Lipinski definition) is 2. The first-order chi connectivity index (χ1) is 16.9. The summed E-state index contributed by atoms with van der Waals surface area (Å²) in [6.07, 6.45) is 3.01. The van der Waals surface area contributed by atoms with E-state index in [0.29, 0.717) is 25.1 Å². The fraction of sp³-hybridized carbons (Fsp3) is 0.407. The van der Waals surface area contributed by atoms with Crippen LogP contribution in [0.1, 0.15) is 30.9 Å². The van der Waals surface area contributed by atoms with Crippen LogP contribution >= 0.6 is 23.4 Å². The van der Waals surface area contributed by atoms with Crippen LogP contribution in [-0.2, 0) is 4.79 Å². The number of likely N-dealkylation sites (tertiary alicyclic amines) is 1. The Kier molecular flexibility index (Phi) is 8.89. The van der Waals surface area contributed by atoms with Gasteiger partial charge in [0.15, 0.2) is 0 Å². The number of piperidine rings is 1. The van der Waals surface area contributed by atoms with Crippen molar-refractivity contribution in [2.75, 3.05) is 32.5 Å². The number of methoxy groups -OCH3 is 1. The number of aliphatic hydroxyl groups excluding tert-OH is 1. The lowest BCUT2D eigenvalue weighted by molar-refractivity contribution is -0.146. The molecule has 1 fully saturated rings. The molecular formula is C27H31ClN2O4S. The molecule has 186 valence electrons. The van der Waals surface area contributed by atoms with Gasteiger partial charge in [-0.05, 0) is 85.8 Å². The smallest absolute Gasteiger partial charge is 0.308 e. The number of fused-ring (bicyclic) bond motifs is 1. The summed E-state index contributed by atoms with van der Waals surface area (Å²) < 4.78 is 5.33. The van der Waals surface area contributed by atoms with E-state index in [1.165, 1.54) is 0 Å². The van der Waals surface area contributed by atoms with Crippen molar-refractivity contribution in [3.05, 3.63) is 65.3 Å². The minimum Gasteiger partial charge on any atom is -0.497 e. The largest absolute Gasteiger partial charge is 0.497 e. The van der Waals surface area contributed by atoms with Crippen LogP contribution in [0.25, 0.3) is 10.9 Å². The standard InChI is InChI=1S/C27H31ClN2O4S/c1-34-20-5-8-25-23(16-20)22(10-12-29-25)26(31)9-2-18-11-13-30(17-24(18)27(32)33)14-15-35-21-6-3-19(28)4-7-21/h3-8,10,12,16,18,24,26,31H,2,9,11,13-15,17H2,1H3,(H,32,33)/t18-,24+,26-/m1/s1. The van der Waals surface area contributed by atoms with Crippen molar-refractivity contribution in [1.82, 2.24) is 9.88 Å². The van der Waals surface area contributed by atoms with Gasteiger partial charge in [0.25, 0.3) is 0 Å². The highest BCUT2D eigenvalue weighted by atomic mass is 35.5. The van der Waals surface area contributed by atoms with Crippen LogP contribution in [-0.4, -0.2) is 58.6 Å². The predicted molar refractivity (Wildman–Crippen MR) is 140 cm³/mol. The summed E-state index contributed by atoms with van der Waals surface area (Å²) in [5, 5.41) is 22.5. The predicted octanol–water partition coefficient (Wildman–Crippen LogP) is 5.53. The van der Waals surface area contributed by atoms with E-state index in [-0.39, 0.29) is 5.92 Å². The topological polar surface area (TPSA) is 82.9 Å². The van der Waals surface area contributed by atoms with Gasteiger partial charge in [0.2, 0.25) is 0 Å². The molecule has 3 atom stereocenters. The van der Waals surface area contributed by atoms with Gasteiger partial charge in [-0.2, -0.15) is 0 Å². The molecule has 2 aromatic carbocycles. The van der Waals surface area contributed by atoms with E-state index in [9.17, 15) is 15.0 Å². The summed E-state index contributed by atoms with van der Waals surface area (Å²) in [6, 6.07) is 15.2. The number of carboxylic acid groups (broad SMARTS) is 1. The zero-order chi connectivity index (χ0) is 24.8. The van der Waals surface area contributed by atoms with Crippen LogP contribution in [0.4, 0.5) is 0 Å². The van der Waals surface area contributed by atoms with Crippen LogP contribution in [0.15, 0.2) is 59.6 Å². The summed E-state index contributed by atoms with van der Waals surface area (Å²) in [7, 11) is 1.61. The van der Waals surface area contributed by atoms with Gasteiger partial charge >= 0.3 is 5.97 Å². The molecule has 35 heavy (non-hydrogen) atoms. The van der Waals surface area contributed by atoms with Crippen LogP contribution in [0.2, 0.25) is 5.02 Å². The molecule has 0 unspecified atom stereocenters. The molecule has 3 aromatic rings. The van der Waals surface area contributed by atoms with Gasteiger partial charge in [-0.15, -0.1) is 11.8 Å². The molecule has 2 N–H and O–H groups in total. The average molecular weight is 515 g/mol. The molecule has 0 aliphatic carbocycles. The van der Waals surface area contributed by atoms with Crippen molar-refractivity contribution in [2.24, 2.45) is 11.8 Å². The van der Waals surface area contributed by atoms with Crippen molar-refractivity contribution in [3.63, 3.8) is 0 Å². The summed E-state index contributed by atoms with van der Waals surface area (Å²) in [5.41, 5.74) is 1.60. The van der Waals surface area contributed by atoms with Crippen molar-refractivity contribution in [3.8, 4) is 5.75 Å². The first kappa shape index (κ1) is 25.8. The third-order valence-electron chi connectivity index (χ3n) is 6.80. The third kappa shape index (κ3) is 6.67. The molecule has 0 saturated carbocycles. The molecule has 0 amide bonds. The van der Waals surface area contributed by atoms with Gasteiger partial charge in [0.1, 0.15) is 5.75 Å². The molecule has 0 radical (unpaired) electrons. The van der Waals surface area contributed by atoms with E-state index < -0.39 is 18.0 Å². The van der Waals surface area contributed by atoms with Crippen LogP contribution in [0, 0.1) is 11.8 Å². The average Bonchev–Trinajstić information content (AvgIpc) is 2.88. The monoisotopic (exact) mass is 514 g/mol. The Morgan fingerprint density at radius 1 is 1.26 bits per heavy atom. The number of nitrogens with zero attached hydrogens (tertiary/aromatic N) is 2. The van der Waals surface area contributed by atoms with Crippen LogP contribution in [0.3, 0.4) is 0 Å². The number of ether oxygens (including phenoxy) is 1. The molecule has 1 saturated heterocycles. The summed E-state index contributed by atoms with van der Waals surface area (Å²) >= 11 is 7.70. The highest BCUT2D eigenvalue weighted by molar-refractivity contribution is 7.99. The molecule has 4 rings (SSSR count). The number of aliphatic carboxylic acids is 1. The Balaban J connectivity index is 1.32. The van der Waals surface area contributed by atoms with Gasteiger partial charge in [-0.25, -0.2) is 0 Å². The highest BCUT2D eigenvalue weighted by Gasteiger charge is 2.34. The van der Waals surface area contributed by atoms with E-state index in [1.807, 2.05) is 48.5 Å². The van der Waals surface area contributed by atoms with E-state index in [4.69, 9.17) is 16.3 Å². The van der Waals surface area contributed by atoms with Crippen molar-refractivity contribution >= 4 is 40.2 Å². The summed E-state index contributed by atoms with van der Waals surface area (Å²) in [5.74, 6) is 0.483. The van der Waals surface area contributed by atoms with E-state index in [0.717, 1.165) is 51.6 Å². The third-order valence-corrected chi connectivity index (χ3v) is 8.04. The quantitative estimate of drug-likeness (QED) is 0.344. The fourth-order valence-corrected chi connectivity index (χ4v) is 5.85. The minimum absolute atomic E-state index is 0.0463. The molecule has 0 bridgehead atoms. The number of halogens is 1. The van der Waals surface area contributed by atoms with Gasteiger partial charge in [0, 0.05) is 40.3 Å². The molecular weight excluding hydrogens is 484 g/mol. The van der Waals surface area contributed by atoms with Gasteiger partial charge in [0.05, 0.1) is 24.6 Å². The zero-order valence-corrected chi connectivity index (χ0v) is 21.3. The van der Waals surface area contributed by atoms with Crippen molar-refractivity contribution < 1.29 is 19.7 Å². The van der Waals surface area contributed by atoms with E-state index in [2.05, 4.69) is 9.88 Å². The molecule has 0 spiro atoms. The lowest BCUT2D eigenvalue weighted by Gasteiger charge is -2.37. The number of carboxylic acids is 1. The molecule has 1 aliphatic rings. The molecule has 1 aromatic heterocycles. The first-order valence-electron chi connectivity index (χ1n) is 11.9. The van der Waals surface area contributed by atoms with Gasteiger partial charge < -0.3 is 19.8 Å². The number of rotatable bonds is 10. The molecule has 1 aliphatic heterocycles. The van der Waals surface area contributed by atoms with Crippen LogP contribution in [0.5, 0.6) is 5.75 Å². The number of thioether (sulfide) groups is 1. The molecule has 6 nitrogen and oxygen atoms in total. The zero-order valence-electron chi connectivity index (χ0n) is 19.8. The number of benzene rings is 2. The Bertz CT molecular complexity index is 1140. The molecule has 2 heterocycles. The Morgan fingerprint density at radius 2 is 2.06 bits per heavy atom. The summed E-state index contributed by atoms with van der Waals surface area (Å²) in [6.45, 7) is 2.27. The van der Waals surface area contributed by atoms with Crippen molar-refractivity contribution in [2.45, 2.75) is 30.3 Å². The normalized spacial score (nSPS) is 19.5. The second kappa shape index (κ2) is 12.1. The maximum atomic E-state index is 12.1. The highest BCUT2D eigenvalue weighted by Crippen LogP contribution is 2.34. The maximum absolute atomic E-state index is 12.1. The second-order valence-electron chi connectivity index (χ2n) is 8.97. The van der Waals surface area contributed by atoms with Gasteiger partial charge in [-0.1, -0.05) is 11.6 Å². The Hall–Kier alpha value is -2.32. The maximum Gasteiger partial charge on any atom is 0.308 e.